The fourth-order valence-corrected chi connectivity index (χ4v) is 4.98. The van der Waals surface area contributed by atoms with Crippen molar-refractivity contribution in [2.75, 3.05) is 33.4 Å². The standard InChI is InChI=1S/C19H25ClN2O2/c1-21-15-6-7-17(21)18(19(23)22-8-10-24-11-9-22)16(12-15)13-2-4-14(20)5-3-13/h2-5,15-18H,6-12H2,1H3/t15-,16+,17+,18-/m0/s1. The molecule has 1 aromatic carbocycles. The van der Waals surface area contributed by atoms with E-state index in [1.807, 2.05) is 17.0 Å². The molecule has 24 heavy (non-hydrogen) atoms. The lowest BCUT2D eigenvalue weighted by Gasteiger charge is -2.44. The zero-order valence-electron chi connectivity index (χ0n) is 14.2. The monoisotopic (exact) mass is 348 g/mol. The van der Waals surface area contributed by atoms with Crippen molar-refractivity contribution in [2.45, 2.75) is 37.3 Å². The van der Waals surface area contributed by atoms with Crippen LogP contribution in [0, 0.1) is 5.92 Å². The molecule has 3 heterocycles. The first-order valence-corrected chi connectivity index (χ1v) is 9.37. The summed E-state index contributed by atoms with van der Waals surface area (Å²) in [5, 5.41) is 0.755. The fraction of sp³-hybridized carbons (Fsp3) is 0.632. The molecule has 3 fully saturated rings. The number of amides is 1. The Morgan fingerprint density at radius 2 is 1.88 bits per heavy atom. The highest BCUT2D eigenvalue weighted by Gasteiger charge is 2.50. The molecule has 130 valence electrons. The van der Waals surface area contributed by atoms with E-state index in [9.17, 15) is 4.79 Å². The molecule has 3 saturated heterocycles. The number of carbonyl (C=O) groups excluding carboxylic acids is 1. The SMILES string of the molecule is CN1[C@H]2CC[C@@H]1[C@@H](C(=O)N1CCOCC1)[C@@H](c1ccc(Cl)cc1)C2. The van der Waals surface area contributed by atoms with Crippen LogP contribution >= 0.6 is 11.6 Å². The summed E-state index contributed by atoms with van der Waals surface area (Å²) in [6, 6.07) is 9.08. The highest BCUT2D eigenvalue weighted by atomic mass is 35.5. The number of halogens is 1. The molecule has 5 heteroatoms. The van der Waals surface area contributed by atoms with Crippen LogP contribution in [0.1, 0.15) is 30.7 Å². The van der Waals surface area contributed by atoms with E-state index in [4.69, 9.17) is 16.3 Å². The molecule has 0 radical (unpaired) electrons. The Morgan fingerprint density at radius 3 is 2.58 bits per heavy atom. The van der Waals surface area contributed by atoms with Gasteiger partial charge >= 0.3 is 0 Å². The van der Waals surface area contributed by atoms with Crippen molar-refractivity contribution in [1.29, 1.82) is 0 Å². The number of morpholine rings is 1. The van der Waals surface area contributed by atoms with E-state index in [-0.39, 0.29) is 5.92 Å². The average molecular weight is 349 g/mol. The van der Waals surface area contributed by atoms with Crippen LogP contribution in [0.4, 0.5) is 0 Å². The zero-order chi connectivity index (χ0) is 16.7. The molecular weight excluding hydrogens is 324 g/mol. The summed E-state index contributed by atoms with van der Waals surface area (Å²) in [6.07, 6.45) is 3.40. The van der Waals surface area contributed by atoms with Crippen molar-refractivity contribution >= 4 is 17.5 Å². The van der Waals surface area contributed by atoms with Gasteiger partial charge in [0, 0.05) is 30.2 Å². The van der Waals surface area contributed by atoms with E-state index < -0.39 is 0 Å². The minimum Gasteiger partial charge on any atom is -0.378 e. The predicted octanol–water partition coefficient (Wildman–Crippen LogP) is 2.77. The Balaban J connectivity index is 1.65. The van der Waals surface area contributed by atoms with Gasteiger partial charge in [0.25, 0.3) is 0 Å². The van der Waals surface area contributed by atoms with Gasteiger partial charge in [-0.25, -0.2) is 0 Å². The maximum absolute atomic E-state index is 13.4. The van der Waals surface area contributed by atoms with Crippen molar-refractivity contribution < 1.29 is 9.53 Å². The second-order valence-corrected chi connectivity index (χ2v) is 7.76. The predicted molar refractivity (Wildman–Crippen MR) is 94.3 cm³/mol. The summed E-state index contributed by atoms with van der Waals surface area (Å²) in [5.74, 6) is 0.662. The zero-order valence-corrected chi connectivity index (χ0v) is 14.9. The molecule has 4 rings (SSSR count). The number of piperidine rings is 1. The summed E-state index contributed by atoms with van der Waals surface area (Å²) in [7, 11) is 2.19. The molecule has 0 aromatic heterocycles. The van der Waals surface area contributed by atoms with E-state index >= 15 is 0 Å². The lowest BCUT2D eigenvalue weighted by molar-refractivity contribution is -0.144. The number of fused-ring (bicyclic) bond motifs is 2. The number of rotatable bonds is 2. The normalized spacial score (nSPS) is 33.7. The molecule has 4 atom stereocenters. The van der Waals surface area contributed by atoms with E-state index in [1.165, 1.54) is 12.0 Å². The second-order valence-electron chi connectivity index (χ2n) is 7.32. The van der Waals surface area contributed by atoms with Gasteiger partial charge in [0.1, 0.15) is 0 Å². The molecular formula is C19H25ClN2O2. The lowest BCUT2D eigenvalue weighted by atomic mass is 9.75. The molecule has 0 unspecified atom stereocenters. The van der Waals surface area contributed by atoms with Crippen LogP contribution in [-0.2, 0) is 9.53 Å². The molecule has 0 saturated carbocycles. The Bertz CT molecular complexity index is 600. The molecule has 0 aliphatic carbocycles. The van der Waals surface area contributed by atoms with Crippen LogP contribution in [0.15, 0.2) is 24.3 Å². The van der Waals surface area contributed by atoms with Gasteiger partial charge in [-0.3, -0.25) is 9.69 Å². The van der Waals surface area contributed by atoms with Crippen LogP contribution < -0.4 is 0 Å². The van der Waals surface area contributed by atoms with Crippen LogP contribution in [-0.4, -0.2) is 61.1 Å². The quantitative estimate of drug-likeness (QED) is 0.824. The van der Waals surface area contributed by atoms with Gasteiger partial charge in [0.05, 0.1) is 19.1 Å². The van der Waals surface area contributed by atoms with Crippen LogP contribution in [0.3, 0.4) is 0 Å². The fourth-order valence-electron chi connectivity index (χ4n) is 4.85. The number of hydrogen-bond acceptors (Lipinski definition) is 3. The van der Waals surface area contributed by atoms with Crippen LogP contribution in [0.2, 0.25) is 5.02 Å². The van der Waals surface area contributed by atoms with Crippen molar-refractivity contribution in [3.8, 4) is 0 Å². The van der Waals surface area contributed by atoms with Gasteiger partial charge in [-0.05, 0) is 49.9 Å². The molecule has 1 aromatic rings. The van der Waals surface area contributed by atoms with Gasteiger partial charge in [-0.15, -0.1) is 0 Å². The highest BCUT2D eigenvalue weighted by Crippen LogP contribution is 2.47. The molecule has 3 aliphatic heterocycles. The Kier molecular flexibility index (Phi) is 4.54. The minimum absolute atomic E-state index is 0.0491. The third-order valence-electron chi connectivity index (χ3n) is 6.17. The minimum atomic E-state index is 0.0491. The van der Waals surface area contributed by atoms with E-state index in [0.717, 1.165) is 31.0 Å². The first-order chi connectivity index (χ1) is 11.6. The van der Waals surface area contributed by atoms with Crippen LogP contribution in [0.25, 0.3) is 0 Å². The van der Waals surface area contributed by atoms with Crippen molar-refractivity contribution in [1.82, 2.24) is 9.80 Å². The molecule has 3 aliphatic rings. The van der Waals surface area contributed by atoms with Gasteiger partial charge in [0.15, 0.2) is 0 Å². The van der Waals surface area contributed by atoms with E-state index in [0.29, 0.717) is 37.1 Å². The summed E-state index contributed by atoms with van der Waals surface area (Å²) in [5.41, 5.74) is 1.26. The molecule has 2 bridgehead atoms. The smallest absolute Gasteiger partial charge is 0.228 e. The number of benzene rings is 1. The van der Waals surface area contributed by atoms with Crippen LogP contribution in [0.5, 0.6) is 0 Å². The third kappa shape index (κ3) is 2.85. The number of carbonyl (C=O) groups is 1. The Hall–Kier alpha value is -1.10. The second kappa shape index (κ2) is 6.66. The van der Waals surface area contributed by atoms with Crippen molar-refractivity contribution in [2.24, 2.45) is 5.92 Å². The van der Waals surface area contributed by atoms with Crippen molar-refractivity contribution in [3.63, 3.8) is 0 Å². The van der Waals surface area contributed by atoms with Crippen molar-refractivity contribution in [3.05, 3.63) is 34.9 Å². The summed E-state index contributed by atoms with van der Waals surface area (Å²) < 4.78 is 5.43. The molecule has 4 nitrogen and oxygen atoms in total. The van der Waals surface area contributed by atoms with Gasteiger partial charge in [0.2, 0.25) is 5.91 Å². The lowest BCUT2D eigenvalue weighted by Crippen LogP contribution is -2.54. The summed E-state index contributed by atoms with van der Waals surface area (Å²) >= 11 is 6.07. The number of ether oxygens (including phenoxy) is 1. The van der Waals surface area contributed by atoms with Gasteiger partial charge in [-0.1, -0.05) is 23.7 Å². The molecule has 0 N–H and O–H groups in total. The van der Waals surface area contributed by atoms with Gasteiger partial charge in [-0.2, -0.15) is 0 Å². The Morgan fingerprint density at radius 1 is 1.17 bits per heavy atom. The third-order valence-corrected chi connectivity index (χ3v) is 6.43. The average Bonchev–Trinajstić information content (AvgIpc) is 2.85. The topological polar surface area (TPSA) is 32.8 Å². The molecule has 1 amide bonds. The summed E-state index contributed by atoms with van der Waals surface area (Å²) in [6.45, 7) is 2.77. The first-order valence-electron chi connectivity index (χ1n) is 8.99. The molecule has 0 spiro atoms. The maximum atomic E-state index is 13.4. The summed E-state index contributed by atoms with van der Waals surface area (Å²) in [4.78, 5) is 17.8. The highest BCUT2D eigenvalue weighted by molar-refractivity contribution is 6.30. The Labute approximate surface area is 148 Å². The van der Waals surface area contributed by atoms with Gasteiger partial charge < -0.3 is 9.64 Å². The number of nitrogens with zero attached hydrogens (tertiary/aromatic N) is 2. The largest absolute Gasteiger partial charge is 0.378 e. The number of hydrogen-bond donors (Lipinski definition) is 0. The van der Waals surface area contributed by atoms with E-state index in [2.05, 4.69) is 24.1 Å². The first kappa shape index (κ1) is 16.4. The maximum Gasteiger partial charge on any atom is 0.228 e. The van der Waals surface area contributed by atoms with E-state index in [1.54, 1.807) is 0 Å².